The number of nitrogens with zero attached hydrogens (tertiary/aromatic N) is 3. The van der Waals surface area contributed by atoms with Gasteiger partial charge in [-0.2, -0.15) is 0 Å². The molecule has 126 valence electrons. The highest BCUT2D eigenvalue weighted by Crippen LogP contribution is 2.20. The molecule has 9 nitrogen and oxygen atoms in total. The minimum atomic E-state index is -1.52. The van der Waals surface area contributed by atoms with Crippen molar-refractivity contribution in [1.82, 2.24) is 15.0 Å². The van der Waals surface area contributed by atoms with E-state index in [9.17, 15) is 20.4 Å². The second kappa shape index (κ2) is 7.95. The van der Waals surface area contributed by atoms with Gasteiger partial charge in [-0.15, -0.1) is 5.10 Å². The van der Waals surface area contributed by atoms with E-state index in [1.165, 1.54) is 0 Å². The van der Waals surface area contributed by atoms with Crippen LogP contribution >= 0.6 is 0 Å². The molecule has 4 N–H and O–H groups in total. The first-order valence-electron chi connectivity index (χ1n) is 7.29. The number of hydrogen-bond donors (Lipinski definition) is 4. The zero-order valence-electron chi connectivity index (χ0n) is 12.4. The third-order valence-electron chi connectivity index (χ3n) is 3.59. The van der Waals surface area contributed by atoms with Crippen LogP contribution in [0.25, 0.3) is 0 Å². The first-order chi connectivity index (χ1) is 10.5. The summed E-state index contributed by atoms with van der Waals surface area (Å²) in [6, 6.07) is 0. The zero-order chi connectivity index (χ0) is 16.1. The molecule has 1 aromatic rings. The van der Waals surface area contributed by atoms with Crippen molar-refractivity contribution in [2.75, 3.05) is 13.2 Å². The summed E-state index contributed by atoms with van der Waals surface area (Å²) in [7, 11) is 1.81. The van der Waals surface area contributed by atoms with E-state index in [1.807, 2.05) is 13.2 Å². The molecule has 9 heteroatoms. The summed E-state index contributed by atoms with van der Waals surface area (Å²) in [5.41, 5.74) is 0.925. The van der Waals surface area contributed by atoms with Gasteiger partial charge >= 0.3 is 0 Å². The van der Waals surface area contributed by atoms with Crippen LogP contribution in [0, 0.1) is 0 Å². The fourth-order valence-electron chi connectivity index (χ4n) is 2.29. The second-order valence-electron chi connectivity index (χ2n) is 5.45. The highest BCUT2D eigenvalue weighted by molar-refractivity contribution is 4.91. The van der Waals surface area contributed by atoms with E-state index in [-0.39, 0.29) is 6.61 Å². The lowest BCUT2D eigenvalue weighted by Crippen LogP contribution is -2.58. The van der Waals surface area contributed by atoms with Gasteiger partial charge < -0.3 is 29.9 Å². The lowest BCUT2D eigenvalue weighted by atomic mass is 9.99. The van der Waals surface area contributed by atoms with Gasteiger partial charge in [-0.25, -0.2) is 0 Å². The molecule has 2 heterocycles. The second-order valence-corrected chi connectivity index (χ2v) is 5.45. The topological polar surface area (TPSA) is 130 Å². The molecule has 2 rings (SSSR count). The minimum Gasteiger partial charge on any atom is -0.387 e. The average molecular weight is 317 g/mol. The smallest absolute Gasteiger partial charge is 0.184 e. The molecular formula is C13H23N3O6. The lowest BCUT2D eigenvalue weighted by molar-refractivity contribution is -0.288. The molecule has 0 bridgehead atoms. The number of rotatable bonds is 7. The van der Waals surface area contributed by atoms with Crippen LogP contribution in [-0.4, -0.2) is 79.3 Å². The van der Waals surface area contributed by atoms with Crippen LogP contribution in [0.1, 0.15) is 18.5 Å². The largest absolute Gasteiger partial charge is 0.387 e. The van der Waals surface area contributed by atoms with Gasteiger partial charge in [-0.3, -0.25) is 4.68 Å². The van der Waals surface area contributed by atoms with E-state index in [0.29, 0.717) is 6.61 Å². The van der Waals surface area contributed by atoms with Crippen molar-refractivity contribution >= 4 is 0 Å². The number of unbranched alkanes of at least 4 members (excludes halogenated alkanes) is 1. The van der Waals surface area contributed by atoms with Gasteiger partial charge in [-0.05, 0) is 19.3 Å². The quantitative estimate of drug-likeness (QED) is 0.423. The van der Waals surface area contributed by atoms with Gasteiger partial charge in [0.1, 0.15) is 24.4 Å². The molecule has 0 spiro atoms. The van der Waals surface area contributed by atoms with E-state index < -0.39 is 30.7 Å². The fraction of sp³-hybridized carbons (Fsp3) is 0.846. The summed E-state index contributed by atoms with van der Waals surface area (Å²) in [6.45, 7) is 0.495. The van der Waals surface area contributed by atoms with Gasteiger partial charge in [0.05, 0.1) is 12.3 Å². The van der Waals surface area contributed by atoms with Crippen molar-refractivity contribution in [2.24, 2.45) is 7.05 Å². The van der Waals surface area contributed by atoms with Crippen LogP contribution in [0.5, 0.6) is 0 Å². The molecular weight excluding hydrogens is 294 g/mol. The van der Waals surface area contributed by atoms with Crippen molar-refractivity contribution in [2.45, 2.75) is 50.0 Å². The standard InChI is InChI=1S/C13H23N3O6/c1-16-6-8(14-15-16)4-2-3-5-21-7-9-10(17)11(18)12(19)13(20)22-9/h6,9-13,17-20H,2-5,7H2,1H3/t9-,10-,11+,12-,13-/m1/s1. The summed E-state index contributed by atoms with van der Waals surface area (Å²) in [6.07, 6.45) is -2.30. The van der Waals surface area contributed by atoms with Crippen LogP contribution in [0.15, 0.2) is 6.20 Å². The Labute approximate surface area is 128 Å². The Morgan fingerprint density at radius 1 is 1.18 bits per heavy atom. The average Bonchev–Trinajstić information content (AvgIpc) is 2.91. The summed E-state index contributed by atoms with van der Waals surface area (Å²) >= 11 is 0. The van der Waals surface area contributed by atoms with Crippen LogP contribution in [0.4, 0.5) is 0 Å². The van der Waals surface area contributed by atoms with Gasteiger partial charge in [0.2, 0.25) is 0 Å². The summed E-state index contributed by atoms with van der Waals surface area (Å²) in [4.78, 5) is 0. The Morgan fingerprint density at radius 2 is 1.95 bits per heavy atom. The highest BCUT2D eigenvalue weighted by Gasteiger charge is 2.42. The van der Waals surface area contributed by atoms with Crippen molar-refractivity contribution in [3.8, 4) is 0 Å². The van der Waals surface area contributed by atoms with E-state index in [0.717, 1.165) is 25.0 Å². The maximum absolute atomic E-state index is 9.74. The first kappa shape index (κ1) is 17.3. The zero-order valence-corrected chi connectivity index (χ0v) is 12.4. The number of aliphatic hydroxyl groups is 4. The lowest BCUT2D eigenvalue weighted by Gasteiger charge is -2.38. The van der Waals surface area contributed by atoms with Crippen LogP contribution < -0.4 is 0 Å². The van der Waals surface area contributed by atoms with Crippen molar-refractivity contribution < 1.29 is 29.9 Å². The molecule has 0 unspecified atom stereocenters. The third kappa shape index (κ3) is 4.45. The van der Waals surface area contributed by atoms with Gasteiger partial charge in [0.15, 0.2) is 6.29 Å². The number of ether oxygens (including phenoxy) is 2. The Kier molecular flexibility index (Phi) is 6.24. The Balaban J connectivity index is 1.60. The molecule has 0 aliphatic carbocycles. The van der Waals surface area contributed by atoms with Gasteiger partial charge in [0.25, 0.3) is 0 Å². The molecule has 5 atom stereocenters. The SMILES string of the molecule is Cn1cc(CCCCOC[C@H]2O[C@@H](O)[C@H](O)[C@@H](O)[C@@H]2O)nn1. The summed E-state index contributed by atoms with van der Waals surface area (Å²) in [5, 5.41) is 45.8. The first-order valence-corrected chi connectivity index (χ1v) is 7.29. The highest BCUT2D eigenvalue weighted by atomic mass is 16.6. The molecule has 22 heavy (non-hydrogen) atoms. The third-order valence-corrected chi connectivity index (χ3v) is 3.59. The molecule has 1 aliphatic heterocycles. The maximum Gasteiger partial charge on any atom is 0.184 e. The number of aromatic nitrogens is 3. The van der Waals surface area contributed by atoms with E-state index in [2.05, 4.69) is 10.3 Å². The molecule has 1 aromatic heterocycles. The Bertz CT molecular complexity index is 457. The monoisotopic (exact) mass is 317 g/mol. The fourth-order valence-corrected chi connectivity index (χ4v) is 2.29. The normalized spacial score (nSPS) is 32.3. The maximum atomic E-state index is 9.74. The van der Waals surface area contributed by atoms with E-state index >= 15 is 0 Å². The summed E-state index contributed by atoms with van der Waals surface area (Å²) < 4.78 is 12.0. The predicted octanol–water partition coefficient (Wildman–Crippen LogP) is -2.05. The minimum absolute atomic E-state index is 0.0349. The number of hydrogen-bond acceptors (Lipinski definition) is 8. The molecule has 1 fully saturated rings. The summed E-state index contributed by atoms with van der Waals surface area (Å²) in [5.74, 6) is 0. The predicted molar refractivity (Wildman–Crippen MR) is 73.7 cm³/mol. The van der Waals surface area contributed by atoms with E-state index in [4.69, 9.17) is 9.47 Å². The van der Waals surface area contributed by atoms with Crippen molar-refractivity contribution in [3.63, 3.8) is 0 Å². The van der Waals surface area contributed by atoms with Crippen LogP contribution in [-0.2, 0) is 22.9 Å². The van der Waals surface area contributed by atoms with Gasteiger partial charge in [-0.1, -0.05) is 5.21 Å². The van der Waals surface area contributed by atoms with Crippen LogP contribution in [0.2, 0.25) is 0 Å². The molecule has 0 amide bonds. The number of aliphatic hydroxyl groups excluding tert-OH is 4. The molecule has 1 aliphatic rings. The Morgan fingerprint density at radius 3 is 2.64 bits per heavy atom. The molecule has 0 aromatic carbocycles. The molecule has 0 saturated carbocycles. The molecule has 0 radical (unpaired) electrons. The van der Waals surface area contributed by atoms with Crippen molar-refractivity contribution in [3.05, 3.63) is 11.9 Å². The van der Waals surface area contributed by atoms with Gasteiger partial charge in [0, 0.05) is 19.9 Å². The van der Waals surface area contributed by atoms with Crippen LogP contribution in [0.3, 0.4) is 0 Å². The molecule has 1 saturated heterocycles. The Hall–Kier alpha value is -1.10. The van der Waals surface area contributed by atoms with Crippen molar-refractivity contribution in [1.29, 1.82) is 0 Å². The van der Waals surface area contributed by atoms with E-state index in [1.54, 1.807) is 4.68 Å². The number of aryl methyl sites for hydroxylation is 2.